The second-order valence-electron chi connectivity index (χ2n) is 4.85. The van der Waals surface area contributed by atoms with E-state index in [1.165, 1.54) is 18.2 Å². The van der Waals surface area contributed by atoms with Gasteiger partial charge in [-0.25, -0.2) is 0 Å². The Morgan fingerprint density at radius 1 is 1.08 bits per heavy atom. The van der Waals surface area contributed by atoms with Crippen molar-refractivity contribution in [3.63, 3.8) is 0 Å². The van der Waals surface area contributed by atoms with E-state index in [4.69, 9.17) is 4.74 Å². The Hall–Kier alpha value is -2.70. The zero-order valence-corrected chi connectivity index (χ0v) is 12.9. The molecule has 0 radical (unpaired) electrons. The molecule has 0 aliphatic rings. The lowest BCUT2D eigenvalue weighted by molar-refractivity contribution is -0.274. The normalized spacial score (nSPS) is 11.0. The van der Waals surface area contributed by atoms with Gasteiger partial charge in [-0.2, -0.15) is 0 Å². The molecule has 128 valence electrons. The highest BCUT2D eigenvalue weighted by Gasteiger charge is 2.32. The van der Waals surface area contributed by atoms with Gasteiger partial charge < -0.3 is 14.8 Å². The molecule has 2 aromatic rings. The molecule has 0 atom stereocenters. The van der Waals surface area contributed by atoms with Gasteiger partial charge in [0.25, 0.3) is 0 Å². The summed E-state index contributed by atoms with van der Waals surface area (Å²) >= 11 is 0. The van der Waals surface area contributed by atoms with Crippen molar-refractivity contribution in [3.8, 4) is 11.5 Å². The highest BCUT2D eigenvalue weighted by Crippen LogP contribution is 2.30. The molecule has 1 N–H and O–H groups in total. The molecule has 0 saturated heterocycles. The van der Waals surface area contributed by atoms with Crippen LogP contribution in [0, 0.1) is 0 Å². The number of amides is 1. The van der Waals surface area contributed by atoms with Crippen molar-refractivity contribution >= 4 is 11.6 Å². The fourth-order valence-corrected chi connectivity index (χ4v) is 2.03. The maximum absolute atomic E-state index is 12.4. The van der Waals surface area contributed by atoms with Crippen LogP contribution in [0.15, 0.2) is 48.5 Å². The van der Waals surface area contributed by atoms with Crippen LogP contribution >= 0.6 is 0 Å². The third-order valence-electron chi connectivity index (χ3n) is 2.99. The van der Waals surface area contributed by atoms with E-state index in [0.29, 0.717) is 17.9 Å². The average Bonchev–Trinajstić information content (AvgIpc) is 2.50. The minimum atomic E-state index is -4.82. The molecule has 24 heavy (non-hydrogen) atoms. The van der Waals surface area contributed by atoms with Gasteiger partial charge in [0.15, 0.2) is 5.75 Å². The third-order valence-corrected chi connectivity index (χ3v) is 2.99. The summed E-state index contributed by atoms with van der Waals surface area (Å²) in [5.74, 6) is -0.215. The topological polar surface area (TPSA) is 47.6 Å². The smallest absolute Gasteiger partial charge is 0.494 e. The van der Waals surface area contributed by atoms with E-state index in [0.717, 1.165) is 6.07 Å². The Morgan fingerprint density at radius 3 is 2.38 bits per heavy atom. The molecule has 0 aliphatic carbocycles. The number of rotatable bonds is 6. The molecule has 0 saturated carbocycles. The van der Waals surface area contributed by atoms with Gasteiger partial charge in [0.05, 0.1) is 18.7 Å². The van der Waals surface area contributed by atoms with Crippen molar-refractivity contribution in [2.24, 2.45) is 0 Å². The number of hydrogen-bond donors (Lipinski definition) is 1. The van der Waals surface area contributed by atoms with Crippen molar-refractivity contribution in [1.29, 1.82) is 0 Å². The predicted octanol–water partition coefficient (Wildman–Crippen LogP) is 4.17. The van der Waals surface area contributed by atoms with E-state index < -0.39 is 18.0 Å². The standard InChI is InChI=1S/C17H16F3NO3/c1-2-23-13-9-7-12(8-10-13)11-16(22)21-14-5-3-4-6-15(14)24-17(18,19)20/h3-10H,2,11H2,1H3,(H,21,22). The van der Waals surface area contributed by atoms with Crippen LogP contribution < -0.4 is 14.8 Å². The summed E-state index contributed by atoms with van der Waals surface area (Å²) in [6.45, 7) is 2.40. The summed E-state index contributed by atoms with van der Waals surface area (Å²) in [7, 11) is 0. The maximum atomic E-state index is 12.4. The highest BCUT2D eigenvalue weighted by molar-refractivity contribution is 5.93. The Bertz CT molecular complexity index is 684. The lowest BCUT2D eigenvalue weighted by Gasteiger charge is -2.14. The van der Waals surface area contributed by atoms with Gasteiger partial charge in [-0.1, -0.05) is 24.3 Å². The number of halogens is 3. The zero-order valence-electron chi connectivity index (χ0n) is 12.9. The summed E-state index contributed by atoms with van der Waals surface area (Å²) in [5.41, 5.74) is 0.677. The Labute approximate surface area is 137 Å². The minimum absolute atomic E-state index is 0.0206. The monoisotopic (exact) mass is 339 g/mol. The Balaban J connectivity index is 2.02. The fraction of sp³-hybridized carbons (Fsp3) is 0.235. The van der Waals surface area contributed by atoms with Crippen LogP contribution in [0.3, 0.4) is 0 Å². The van der Waals surface area contributed by atoms with E-state index in [1.54, 1.807) is 24.3 Å². The molecule has 0 spiro atoms. The van der Waals surface area contributed by atoms with Crippen molar-refractivity contribution in [3.05, 3.63) is 54.1 Å². The molecular weight excluding hydrogens is 323 g/mol. The van der Waals surface area contributed by atoms with Gasteiger partial charge in [0, 0.05) is 0 Å². The van der Waals surface area contributed by atoms with Crippen molar-refractivity contribution in [1.82, 2.24) is 0 Å². The summed E-state index contributed by atoms with van der Waals surface area (Å²) < 4.78 is 46.3. The second-order valence-corrected chi connectivity index (χ2v) is 4.85. The molecule has 0 unspecified atom stereocenters. The number of nitrogens with one attached hydrogen (secondary N) is 1. The first-order chi connectivity index (χ1) is 11.4. The first-order valence-corrected chi connectivity index (χ1v) is 7.24. The SMILES string of the molecule is CCOc1ccc(CC(=O)Nc2ccccc2OC(F)(F)F)cc1. The number of ether oxygens (including phenoxy) is 2. The van der Waals surface area contributed by atoms with E-state index >= 15 is 0 Å². The van der Waals surface area contributed by atoms with Crippen LogP contribution in [-0.4, -0.2) is 18.9 Å². The van der Waals surface area contributed by atoms with Gasteiger partial charge >= 0.3 is 6.36 Å². The minimum Gasteiger partial charge on any atom is -0.494 e. The van der Waals surface area contributed by atoms with Crippen LogP contribution in [0.4, 0.5) is 18.9 Å². The summed E-state index contributed by atoms with van der Waals surface area (Å²) in [5, 5.41) is 2.43. The number of alkyl halides is 3. The van der Waals surface area contributed by atoms with E-state index in [9.17, 15) is 18.0 Å². The zero-order chi connectivity index (χ0) is 17.6. The summed E-state index contributed by atoms with van der Waals surface area (Å²) in [6, 6.07) is 12.3. The number of anilines is 1. The first kappa shape index (κ1) is 17.7. The molecular formula is C17H16F3NO3. The van der Waals surface area contributed by atoms with Crippen LogP contribution in [-0.2, 0) is 11.2 Å². The van der Waals surface area contributed by atoms with Gasteiger partial charge in [0.1, 0.15) is 5.75 Å². The van der Waals surface area contributed by atoms with Crippen LogP contribution in [0.5, 0.6) is 11.5 Å². The van der Waals surface area contributed by atoms with Gasteiger partial charge in [-0.05, 0) is 36.8 Å². The number of benzene rings is 2. The van der Waals surface area contributed by atoms with Gasteiger partial charge in [-0.3, -0.25) is 4.79 Å². The molecule has 0 aromatic heterocycles. The van der Waals surface area contributed by atoms with Crippen LogP contribution in [0.1, 0.15) is 12.5 Å². The summed E-state index contributed by atoms with van der Waals surface area (Å²) in [4.78, 5) is 12.0. The molecule has 0 bridgehead atoms. The van der Waals surface area contributed by atoms with E-state index in [1.807, 2.05) is 6.92 Å². The number of hydrogen-bond acceptors (Lipinski definition) is 3. The Kier molecular flexibility index (Phi) is 5.68. The quantitative estimate of drug-likeness (QED) is 0.859. The molecule has 0 fully saturated rings. The molecule has 7 heteroatoms. The average molecular weight is 339 g/mol. The molecule has 0 heterocycles. The van der Waals surface area contributed by atoms with Crippen LogP contribution in [0.25, 0.3) is 0 Å². The van der Waals surface area contributed by atoms with Crippen molar-refractivity contribution in [2.45, 2.75) is 19.7 Å². The number of carbonyl (C=O) groups excluding carboxylic acids is 1. The Morgan fingerprint density at radius 2 is 1.75 bits per heavy atom. The molecule has 0 aliphatic heterocycles. The number of carbonyl (C=O) groups is 1. The highest BCUT2D eigenvalue weighted by atomic mass is 19.4. The molecule has 1 amide bonds. The number of para-hydroxylation sites is 2. The maximum Gasteiger partial charge on any atom is 0.573 e. The fourth-order valence-electron chi connectivity index (χ4n) is 2.03. The third kappa shape index (κ3) is 5.49. The summed E-state index contributed by atoms with van der Waals surface area (Å²) in [6.07, 6.45) is -4.80. The van der Waals surface area contributed by atoms with Crippen LogP contribution in [0.2, 0.25) is 0 Å². The van der Waals surface area contributed by atoms with Gasteiger partial charge in [0.2, 0.25) is 5.91 Å². The molecule has 2 rings (SSSR count). The predicted molar refractivity (Wildman–Crippen MR) is 83.1 cm³/mol. The lowest BCUT2D eigenvalue weighted by atomic mass is 10.1. The second kappa shape index (κ2) is 7.72. The first-order valence-electron chi connectivity index (χ1n) is 7.24. The lowest BCUT2D eigenvalue weighted by Crippen LogP contribution is -2.20. The van der Waals surface area contributed by atoms with Gasteiger partial charge in [-0.15, -0.1) is 13.2 Å². The molecule has 2 aromatic carbocycles. The van der Waals surface area contributed by atoms with Crippen molar-refractivity contribution < 1.29 is 27.4 Å². The van der Waals surface area contributed by atoms with E-state index in [2.05, 4.69) is 10.1 Å². The molecule has 4 nitrogen and oxygen atoms in total. The van der Waals surface area contributed by atoms with Crippen molar-refractivity contribution in [2.75, 3.05) is 11.9 Å². The van der Waals surface area contributed by atoms with E-state index in [-0.39, 0.29) is 12.1 Å². The largest absolute Gasteiger partial charge is 0.573 e.